The number of rotatable bonds is 11. The Morgan fingerprint density at radius 1 is 1.09 bits per heavy atom. The molecule has 1 saturated heterocycles. The molecule has 0 bridgehead atoms. The van der Waals surface area contributed by atoms with Crippen LogP contribution in [0.2, 0.25) is 25.7 Å². The third-order valence-electron chi connectivity index (χ3n) is 8.21. The molecule has 0 radical (unpaired) electrons. The quantitative estimate of drug-likeness (QED) is 0.151. The normalized spacial score (nSPS) is 14.8. The van der Waals surface area contributed by atoms with Gasteiger partial charge in [0.1, 0.15) is 24.2 Å². The molecule has 1 aliphatic rings. The number of nitrogens with zero attached hydrogens (tertiary/aromatic N) is 5. The average Bonchev–Trinajstić information content (AvgIpc) is 3.68. The summed E-state index contributed by atoms with van der Waals surface area (Å²) >= 11 is 0. The lowest BCUT2D eigenvalue weighted by Crippen LogP contribution is -2.42. The molecule has 0 saturated carbocycles. The molecule has 2 aromatic heterocycles. The number of pyridine rings is 1. The van der Waals surface area contributed by atoms with Crippen LogP contribution in [0, 0.1) is 0 Å². The second kappa shape index (κ2) is 13.9. The highest BCUT2D eigenvalue weighted by molar-refractivity contribution is 6.76. The highest BCUT2D eigenvalue weighted by atomic mass is 28.3. The number of para-hydroxylation sites is 1. The van der Waals surface area contributed by atoms with E-state index in [1.54, 1.807) is 50.3 Å². The van der Waals surface area contributed by atoms with Gasteiger partial charge < -0.3 is 24.8 Å². The van der Waals surface area contributed by atoms with Gasteiger partial charge in [0.15, 0.2) is 5.65 Å². The maximum atomic E-state index is 13.4. The summed E-state index contributed by atoms with van der Waals surface area (Å²) < 4.78 is 13.5. The number of likely N-dealkylation sites (tertiary alicyclic amines) is 1. The minimum absolute atomic E-state index is 0.249. The summed E-state index contributed by atoms with van der Waals surface area (Å²) in [6, 6.07) is 15.1. The number of benzene rings is 2. The predicted molar refractivity (Wildman–Crippen MR) is 183 cm³/mol. The van der Waals surface area contributed by atoms with E-state index in [0.29, 0.717) is 54.3 Å². The van der Waals surface area contributed by atoms with E-state index >= 15 is 0 Å². The van der Waals surface area contributed by atoms with Gasteiger partial charge in [0, 0.05) is 58.0 Å². The van der Waals surface area contributed by atoms with Gasteiger partial charge in [0.05, 0.1) is 18.4 Å². The molecule has 2 N–H and O–H groups in total. The first-order valence-electron chi connectivity index (χ1n) is 15.6. The van der Waals surface area contributed by atoms with E-state index in [1.807, 2.05) is 30.3 Å². The van der Waals surface area contributed by atoms with Crippen molar-refractivity contribution in [1.82, 2.24) is 24.6 Å². The maximum Gasteiger partial charge on any atom is 0.407 e. The SMILES string of the molecule is COc1ccccc1-c1nn(COCC[Si](C)(C)C)c2ncc(-c3ccc(NC(=O)C4CCCN4C(=O)O)c(C(=O)N(C)C)c3)cc12. The fourth-order valence-electron chi connectivity index (χ4n) is 5.61. The minimum Gasteiger partial charge on any atom is -0.496 e. The number of ether oxygens (including phenoxy) is 2. The van der Waals surface area contributed by atoms with Gasteiger partial charge in [-0.15, -0.1) is 0 Å². The van der Waals surface area contributed by atoms with Gasteiger partial charge in [-0.25, -0.2) is 14.5 Å². The third-order valence-corrected chi connectivity index (χ3v) is 9.91. The van der Waals surface area contributed by atoms with Crippen LogP contribution < -0.4 is 10.1 Å². The molecule has 1 unspecified atom stereocenters. The van der Waals surface area contributed by atoms with Gasteiger partial charge >= 0.3 is 6.09 Å². The zero-order valence-corrected chi connectivity index (χ0v) is 28.7. The highest BCUT2D eigenvalue weighted by Gasteiger charge is 2.34. The number of carbonyl (C=O) groups excluding carboxylic acids is 2. The van der Waals surface area contributed by atoms with E-state index in [0.717, 1.165) is 27.5 Å². The number of carbonyl (C=O) groups is 3. The summed E-state index contributed by atoms with van der Waals surface area (Å²) in [4.78, 5) is 45.5. The average molecular weight is 659 g/mol. The zero-order chi connectivity index (χ0) is 33.9. The standard InChI is InChI=1S/C34H42N6O6Si/c1-38(2)33(42)25-18-22(13-14-27(25)36-32(41)28-11-9-15-39(28)34(43)44)23-19-26-30(24-10-7-8-12-29(24)45-3)37-40(31(26)35-20-23)21-46-16-17-47(4,5)6/h7-8,10,12-14,18-20,28H,9,11,15-17,21H2,1-6H3,(H,36,41)(H,43,44). The smallest absolute Gasteiger partial charge is 0.407 e. The van der Waals surface area contributed by atoms with E-state index in [4.69, 9.17) is 19.6 Å². The Morgan fingerprint density at radius 2 is 1.85 bits per heavy atom. The Labute approximate surface area is 275 Å². The van der Waals surface area contributed by atoms with Gasteiger partial charge in [-0.3, -0.25) is 14.5 Å². The topological polar surface area (TPSA) is 139 Å². The van der Waals surface area contributed by atoms with Crippen LogP contribution in [0.1, 0.15) is 23.2 Å². The van der Waals surface area contributed by atoms with E-state index in [2.05, 4.69) is 25.0 Å². The molecule has 1 atom stereocenters. The Bertz CT molecular complexity index is 1800. The van der Waals surface area contributed by atoms with Gasteiger partial charge in [-0.2, -0.15) is 5.10 Å². The Kier molecular flexibility index (Phi) is 9.96. The molecule has 3 amide bonds. The molecule has 13 heteroatoms. The Morgan fingerprint density at radius 3 is 2.55 bits per heavy atom. The third kappa shape index (κ3) is 7.47. The first-order chi connectivity index (χ1) is 22.4. The summed E-state index contributed by atoms with van der Waals surface area (Å²) in [5.74, 6) is -0.100. The number of hydrogen-bond acceptors (Lipinski definition) is 7. The van der Waals surface area contributed by atoms with Crippen LogP contribution in [0.5, 0.6) is 5.75 Å². The van der Waals surface area contributed by atoms with E-state index in [-0.39, 0.29) is 18.2 Å². The van der Waals surface area contributed by atoms with Crippen molar-refractivity contribution < 1.29 is 29.0 Å². The van der Waals surface area contributed by atoms with Crippen LogP contribution in [0.3, 0.4) is 0 Å². The molecule has 2 aromatic carbocycles. The number of methoxy groups -OCH3 is 1. The molecule has 248 valence electrons. The predicted octanol–water partition coefficient (Wildman–Crippen LogP) is 5.87. The van der Waals surface area contributed by atoms with Crippen molar-refractivity contribution in [2.45, 2.75) is 51.3 Å². The number of nitrogens with one attached hydrogen (secondary N) is 1. The van der Waals surface area contributed by atoms with Crippen molar-refractivity contribution in [1.29, 1.82) is 0 Å². The molecule has 1 fully saturated rings. The van der Waals surface area contributed by atoms with E-state index < -0.39 is 26.1 Å². The zero-order valence-electron chi connectivity index (χ0n) is 27.7. The van der Waals surface area contributed by atoms with Crippen molar-refractivity contribution in [3.8, 4) is 28.1 Å². The van der Waals surface area contributed by atoms with Crippen LogP contribution in [0.25, 0.3) is 33.4 Å². The van der Waals surface area contributed by atoms with Gasteiger partial charge in [-0.05, 0) is 54.8 Å². The van der Waals surface area contributed by atoms with Gasteiger partial charge in [0.25, 0.3) is 5.91 Å². The monoisotopic (exact) mass is 658 g/mol. The Balaban J connectivity index is 1.54. The summed E-state index contributed by atoms with van der Waals surface area (Å²) in [6.45, 7) is 8.11. The number of aromatic nitrogens is 3. The summed E-state index contributed by atoms with van der Waals surface area (Å²) in [5, 5.41) is 18.0. The fraction of sp³-hybridized carbons (Fsp3) is 0.382. The highest BCUT2D eigenvalue weighted by Crippen LogP contribution is 2.36. The van der Waals surface area contributed by atoms with Crippen LogP contribution in [-0.4, -0.2) is 96.1 Å². The molecule has 5 rings (SSSR count). The molecule has 4 aromatic rings. The lowest BCUT2D eigenvalue weighted by atomic mass is 10.00. The first-order valence-corrected chi connectivity index (χ1v) is 19.3. The minimum atomic E-state index is -1.26. The van der Waals surface area contributed by atoms with Gasteiger partial charge in [0.2, 0.25) is 5.91 Å². The lowest BCUT2D eigenvalue weighted by Gasteiger charge is -2.22. The second-order valence-corrected chi connectivity index (χ2v) is 18.7. The molecule has 12 nitrogen and oxygen atoms in total. The molecular formula is C34H42N6O6Si. The van der Waals surface area contributed by atoms with Gasteiger partial charge in [-0.1, -0.05) is 37.8 Å². The molecular weight excluding hydrogens is 616 g/mol. The summed E-state index contributed by atoms with van der Waals surface area (Å²) in [6.07, 6.45) is 1.61. The number of carboxylic acid groups (broad SMARTS) is 1. The summed E-state index contributed by atoms with van der Waals surface area (Å²) in [5.41, 5.74) is 4.18. The Hall–Kier alpha value is -4.75. The molecule has 1 aliphatic heterocycles. The van der Waals surface area contributed by atoms with Crippen molar-refractivity contribution >= 4 is 42.7 Å². The number of amides is 3. The molecule has 0 aliphatic carbocycles. The van der Waals surface area contributed by atoms with E-state index in [9.17, 15) is 19.5 Å². The van der Waals surface area contributed by atoms with E-state index in [1.165, 1.54) is 4.90 Å². The van der Waals surface area contributed by atoms with Crippen LogP contribution >= 0.6 is 0 Å². The number of fused-ring (bicyclic) bond motifs is 1. The summed E-state index contributed by atoms with van der Waals surface area (Å²) in [7, 11) is 3.63. The molecule has 47 heavy (non-hydrogen) atoms. The largest absolute Gasteiger partial charge is 0.496 e. The maximum absolute atomic E-state index is 13.4. The van der Waals surface area contributed by atoms with Crippen LogP contribution in [0.4, 0.5) is 10.5 Å². The lowest BCUT2D eigenvalue weighted by molar-refractivity contribution is -0.119. The number of anilines is 1. The fourth-order valence-corrected chi connectivity index (χ4v) is 6.37. The van der Waals surface area contributed by atoms with Crippen LogP contribution in [0.15, 0.2) is 54.7 Å². The number of hydrogen-bond donors (Lipinski definition) is 2. The first kappa shape index (κ1) is 33.6. The second-order valence-electron chi connectivity index (χ2n) is 13.1. The van der Waals surface area contributed by atoms with Crippen molar-refractivity contribution in [2.75, 3.05) is 39.7 Å². The van der Waals surface area contributed by atoms with Crippen molar-refractivity contribution in [3.05, 3.63) is 60.3 Å². The van der Waals surface area contributed by atoms with Crippen molar-refractivity contribution in [2.24, 2.45) is 0 Å². The molecule has 3 heterocycles. The van der Waals surface area contributed by atoms with Crippen molar-refractivity contribution in [3.63, 3.8) is 0 Å². The molecule has 0 spiro atoms. The van der Waals surface area contributed by atoms with Crippen LogP contribution in [-0.2, 0) is 16.3 Å².